The van der Waals surface area contributed by atoms with Crippen LogP contribution >= 0.6 is 0 Å². The Balaban J connectivity index is 1.80. The van der Waals surface area contributed by atoms with Gasteiger partial charge in [-0.3, -0.25) is 4.99 Å². The van der Waals surface area contributed by atoms with Crippen molar-refractivity contribution in [2.24, 2.45) is 4.99 Å². The molecule has 0 amide bonds. The van der Waals surface area contributed by atoms with Crippen molar-refractivity contribution in [3.05, 3.63) is 95.6 Å². The van der Waals surface area contributed by atoms with Crippen molar-refractivity contribution in [3.63, 3.8) is 0 Å². The summed E-state index contributed by atoms with van der Waals surface area (Å²) in [5.74, 6) is 0.861. The van der Waals surface area contributed by atoms with E-state index in [1.807, 2.05) is 79.0 Å². The molecule has 0 radical (unpaired) electrons. The predicted octanol–water partition coefficient (Wildman–Crippen LogP) is 5.62. The molecule has 0 N–H and O–H groups in total. The molecular formula is C22H19NO. The van der Waals surface area contributed by atoms with E-state index in [2.05, 4.69) is 23.2 Å². The molecular weight excluding hydrogens is 294 g/mol. The normalized spacial score (nSPS) is 11.2. The molecule has 0 aliphatic carbocycles. The lowest BCUT2D eigenvalue weighted by Crippen LogP contribution is -1.82. The summed E-state index contributed by atoms with van der Waals surface area (Å²) >= 11 is 0. The summed E-state index contributed by atoms with van der Waals surface area (Å²) in [6, 6.07) is 26.2. The molecule has 0 fully saturated rings. The second-order valence-corrected chi connectivity index (χ2v) is 5.33. The summed E-state index contributed by atoms with van der Waals surface area (Å²) in [7, 11) is 1.67. The van der Waals surface area contributed by atoms with Gasteiger partial charge in [-0.1, -0.05) is 72.8 Å². The van der Waals surface area contributed by atoms with E-state index in [0.29, 0.717) is 0 Å². The molecule has 0 saturated carbocycles. The molecule has 3 aromatic carbocycles. The van der Waals surface area contributed by atoms with Crippen LogP contribution in [-0.2, 0) is 0 Å². The highest BCUT2D eigenvalue weighted by atomic mass is 16.5. The second-order valence-electron chi connectivity index (χ2n) is 5.33. The topological polar surface area (TPSA) is 21.6 Å². The fraction of sp³-hybridized carbons (Fsp3) is 0.0455. The largest absolute Gasteiger partial charge is 0.497 e. The molecule has 0 spiro atoms. The van der Waals surface area contributed by atoms with Crippen LogP contribution in [-0.4, -0.2) is 13.3 Å². The van der Waals surface area contributed by atoms with Crippen LogP contribution in [0.5, 0.6) is 5.75 Å². The molecule has 2 heteroatoms. The Morgan fingerprint density at radius 3 is 2.17 bits per heavy atom. The zero-order chi connectivity index (χ0) is 16.6. The van der Waals surface area contributed by atoms with Gasteiger partial charge >= 0.3 is 0 Å². The molecule has 118 valence electrons. The Bertz CT molecular complexity index is 833. The molecule has 2 nitrogen and oxygen atoms in total. The lowest BCUT2D eigenvalue weighted by atomic mass is 10.1. The Kier molecular flexibility index (Phi) is 5.21. The van der Waals surface area contributed by atoms with Crippen molar-refractivity contribution in [2.75, 3.05) is 7.11 Å². The Morgan fingerprint density at radius 2 is 1.42 bits per heavy atom. The van der Waals surface area contributed by atoms with Gasteiger partial charge in [-0.25, -0.2) is 0 Å². The first-order chi connectivity index (χ1) is 11.8. The minimum atomic E-state index is 0.861. The van der Waals surface area contributed by atoms with Crippen molar-refractivity contribution in [2.45, 2.75) is 0 Å². The van der Waals surface area contributed by atoms with Crippen LogP contribution < -0.4 is 4.74 Å². The number of rotatable bonds is 5. The molecule has 0 bridgehead atoms. The van der Waals surface area contributed by atoms with E-state index in [-0.39, 0.29) is 0 Å². The standard InChI is InChI=1S/C22H19NO/c1-24-21-15-12-18(13-16-21)11-14-20-9-5-6-10-22(20)23-17-19-7-3-2-4-8-19/h2-17H,1H3. The number of nitrogens with zero attached hydrogens (tertiary/aromatic N) is 1. The van der Waals surface area contributed by atoms with E-state index in [0.717, 1.165) is 28.1 Å². The van der Waals surface area contributed by atoms with Gasteiger partial charge in [0, 0.05) is 11.8 Å². The molecule has 0 unspecified atom stereocenters. The van der Waals surface area contributed by atoms with E-state index in [1.54, 1.807) is 7.11 Å². The average molecular weight is 313 g/mol. The quantitative estimate of drug-likeness (QED) is 0.443. The van der Waals surface area contributed by atoms with Crippen molar-refractivity contribution >= 4 is 24.1 Å². The number of ether oxygens (including phenoxy) is 1. The zero-order valence-electron chi connectivity index (χ0n) is 13.6. The van der Waals surface area contributed by atoms with Crippen LogP contribution in [0.4, 0.5) is 5.69 Å². The minimum absolute atomic E-state index is 0.861. The van der Waals surface area contributed by atoms with E-state index >= 15 is 0 Å². The van der Waals surface area contributed by atoms with Crippen molar-refractivity contribution < 1.29 is 4.74 Å². The highest BCUT2D eigenvalue weighted by Gasteiger charge is 1.96. The Morgan fingerprint density at radius 1 is 0.708 bits per heavy atom. The molecule has 24 heavy (non-hydrogen) atoms. The summed E-state index contributed by atoms with van der Waals surface area (Å²) in [6.07, 6.45) is 6.05. The number of hydrogen-bond acceptors (Lipinski definition) is 2. The molecule has 3 rings (SSSR count). The van der Waals surface area contributed by atoms with Gasteiger partial charge < -0.3 is 4.74 Å². The summed E-state index contributed by atoms with van der Waals surface area (Å²) in [5, 5.41) is 0. The van der Waals surface area contributed by atoms with Crippen LogP contribution in [0.15, 0.2) is 83.9 Å². The molecule has 0 aliphatic rings. The Hall–Kier alpha value is -3.13. The summed E-state index contributed by atoms with van der Waals surface area (Å²) in [6.45, 7) is 0. The fourth-order valence-corrected chi connectivity index (χ4v) is 2.33. The summed E-state index contributed by atoms with van der Waals surface area (Å²) < 4.78 is 5.18. The van der Waals surface area contributed by atoms with E-state index in [4.69, 9.17) is 4.74 Å². The maximum atomic E-state index is 5.18. The molecule has 0 aliphatic heterocycles. The van der Waals surface area contributed by atoms with Crippen LogP contribution in [0.1, 0.15) is 16.7 Å². The molecule has 0 saturated heterocycles. The third kappa shape index (κ3) is 4.20. The van der Waals surface area contributed by atoms with Crippen molar-refractivity contribution in [1.29, 1.82) is 0 Å². The van der Waals surface area contributed by atoms with E-state index in [1.165, 1.54) is 0 Å². The third-order valence-electron chi connectivity index (χ3n) is 3.66. The van der Waals surface area contributed by atoms with Gasteiger partial charge in [0.05, 0.1) is 12.8 Å². The predicted molar refractivity (Wildman–Crippen MR) is 102 cm³/mol. The maximum Gasteiger partial charge on any atom is 0.118 e. The zero-order valence-corrected chi connectivity index (χ0v) is 13.6. The summed E-state index contributed by atoms with van der Waals surface area (Å²) in [5.41, 5.74) is 4.25. The van der Waals surface area contributed by atoms with Crippen molar-refractivity contribution in [1.82, 2.24) is 0 Å². The van der Waals surface area contributed by atoms with E-state index in [9.17, 15) is 0 Å². The van der Waals surface area contributed by atoms with Gasteiger partial charge in [0.1, 0.15) is 5.75 Å². The molecule has 0 aromatic heterocycles. The number of para-hydroxylation sites is 1. The first kappa shape index (κ1) is 15.8. The van der Waals surface area contributed by atoms with Gasteiger partial charge in [0.2, 0.25) is 0 Å². The Labute approximate surface area is 142 Å². The van der Waals surface area contributed by atoms with Crippen LogP contribution in [0, 0.1) is 0 Å². The highest BCUT2D eigenvalue weighted by molar-refractivity contribution is 5.84. The maximum absolute atomic E-state index is 5.18. The number of methoxy groups -OCH3 is 1. The van der Waals surface area contributed by atoms with Gasteiger partial charge in [-0.15, -0.1) is 0 Å². The minimum Gasteiger partial charge on any atom is -0.497 e. The third-order valence-corrected chi connectivity index (χ3v) is 3.66. The van der Waals surface area contributed by atoms with Crippen LogP contribution in [0.25, 0.3) is 12.2 Å². The lowest BCUT2D eigenvalue weighted by molar-refractivity contribution is 0.415. The number of benzene rings is 3. The second kappa shape index (κ2) is 7.93. The highest BCUT2D eigenvalue weighted by Crippen LogP contribution is 2.22. The average Bonchev–Trinajstić information content (AvgIpc) is 2.66. The SMILES string of the molecule is COc1ccc(C=Cc2ccccc2N=Cc2ccccc2)cc1. The van der Waals surface area contributed by atoms with E-state index < -0.39 is 0 Å². The smallest absolute Gasteiger partial charge is 0.118 e. The van der Waals surface area contributed by atoms with Gasteiger partial charge in [0.15, 0.2) is 0 Å². The van der Waals surface area contributed by atoms with Gasteiger partial charge in [0.25, 0.3) is 0 Å². The lowest BCUT2D eigenvalue weighted by Gasteiger charge is -2.01. The number of aliphatic imine (C=N–C) groups is 1. The fourth-order valence-electron chi connectivity index (χ4n) is 2.33. The van der Waals surface area contributed by atoms with Crippen LogP contribution in [0.2, 0.25) is 0 Å². The molecule has 0 atom stereocenters. The molecule has 3 aromatic rings. The van der Waals surface area contributed by atoms with Gasteiger partial charge in [-0.05, 0) is 29.3 Å². The first-order valence-corrected chi connectivity index (χ1v) is 7.85. The summed E-state index contributed by atoms with van der Waals surface area (Å²) in [4.78, 5) is 4.62. The van der Waals surface area contributed by atoms with Crippen molar-refractivity contribution in [3.8, 4) is 5.75 Å². The monoisotopic (exact) mass is 313 g/mol. The first-order valence-electron chi connectivity index (χ1n) is 7.85. The number of hydrogen-bond donors (Lipinski definition) is 0. The molecule has 0 heterocycles. The van der Waals surface area contributed by atoms with Gasteiger partial charge in [-0.2, -0.15) is 0 Å². The van der Waals surface area contributed by atoms with Crippen LogP contribution in [0.3, 0.4) is 0 Å².